The van der Waals surface area contributed by atoms with E-state index in [1.807, 2.05) is 0 Å². The number of nitrogens with one attached hydrogen (secondary N) is 3. The molecule has 4 amide bonds. The number of fused-ring (bicyclic) bond motifs is 1. The lowest BCUT2D eigenvalue weighted by molar-refractivity contribution is -0.149. The first kappa shape index (κ1) is 31.3. The summed E-state index contributed by atoms with van der Waals surface area (Å²) in [6.45, 7) is 1.70. The van der Waals surface area contributed by atoms with Crippen LogP contribution in [0.25, 0.3) is 0 Å². The van der Waals surface area contributed by atoms with Crippen LogP contribution in [0.2, 0.25) is 0 Å². The second-order valence-electron chi connectivity index (χ2n) is 13.3. The van der Waals surface area contributed by atoms with Gasteiger partial charge in [-0.2, -0.15) is 0 Å². The molecule has 3 aliphatic heterocycles. The van der Waals surface area contributed by atoms with Gasteiger partial charge in [-0.15, -0.1) is 0 Å². The lowest BCUT2D eigenvalue weighted by Crippen LogP contribution is -2.58. The lowest BCUT2D eigenvalue weighted by atomic mass is 9.88. The SMILES string of the molecule is O=C1NCCC[C@H]1C[C@H](NC(=O)[C@@H]1[C@H]2CCC[C@H]2CN1C(=O)[C@@H](CC1CC1)Nc1c(F)cc(F)cc1F)C(=O)C(=O)N1CCC1. The molecule has 0 unspecified atom stereocenters. The van der Waals surface area contributed by atoms with Crippen molar-refractivity contribution in [3.8, 4) is 0 Å². The maximum atomic E-state index is 14.6. The monoisotopic (exact) mass is 631 g/mol. The summed E-state index contributed by atoms with van der Waals surface area (Å²) in [4.78, 5) is 70.1. The minimum atomic E-state index is -1.24. The largest absolute Gasteiger partial charge is 0.369 e. The smallest absolute Gasteiger partial charge is 0.292 e. The van der Waals surface area contributed by atoms with E-state index in [0.717, 1.165) is 32.1 Å². The number of Topliss-reactive ketones (excluding diaryl/α,β-unsaturated/α-hetero) is 1. The minimum absolute atomic E-state index is 0.0280. The van der Waals surface area contributed by atoms with E-state index in [9.17, 15) is 37.1 Å². The Bertz CT molecular complexity index is 1350. The molecule has 2 aliphatic carbocycles. The van der Waals surface area contributed by atoms with Gasteiger partial charge in [0.2, 0.25) is 23.5 Å². The van der Waals surface area contributed by atoms with Crippen molar-refractivity contribution in [1.82, 2.24) is 20.4 Å². The van der Waals surface area contributed by atoms with Crippen LogP contribution in [-0.2, 0) is 24.0 Å². The third-order valence-corrected chi connectivity index (χ3v) is 10.2. The Labute approximate surface area is 259 Å². The highest BCUT2D eigenvalue weighted by atomic mass is 19.1. The summed E-state index contributed by atoms with van der Waals surface area (Å²) >= 11 is 0. The molecule has 45 heavy (non-hydrogen) atoms. The average molecular weight is 632 g/mol. The van der Waals surface area contributed by atoms with Gasteiger partial charge in [0.25, 0.3) is 5.91 Å². The number of amides is 4. The summed E-state index contributed by atoms with van der Waals surface area (Å²) in [5.74, 6) is -6.70. The summed E-state index contributed by atoms with van der Waals surface area (Å²) in [7, 11) is 0. The minimum Gasteiger partial charge on any atom is -0.369 e. The van der Waals surface area contributed by atoms with Crippen LogP contribution in [0.4, 0.5) is 18.9 Å². The van der Waals surface area contributed by atoms with Gasteiger partial charge >= 0.3 is 0 Å². The number of hydrogen-bond donors (Lipinski definition) is 3. The zero-order chi connectivity index (χ0) is 31.8. The second kappa shape index (κ2) is 13.0. The van der Waals surface area contributed by atoms with Crippen molar-refractivity contribution >= 4 is 35.1 Å². The van der Waals surface area contributed by atoms with Gasteiger partial charge in [-0.1, -0.05) is 19.3 Å². The van der Waals surface area contributed by atoms with E-state index in [4.69, 9.17) is 0 Å². The van der Waals surface area contributed by atoms with E-state index < -0.39 is 70.7 Å². The topological polar surface area (TPSA) is 128 Å². The number of carbonyl (C=O) groups is 5. The van der Waals surface area contributed by atoms with Crippen molar-refractivity contribution in [3.63, 3.8) is 0 Å². The predicted molar refractivity (Wildman–Crippen MR) is 156 cm³/mol. The molecule has 6 rings (SSSR count). The molecule has 244 valence electrons. The number of hydrogen-bond acceptors (Lipinski definition) is 6. The van der Waals surface area contributed by atoms with Crippen LogP contribution >= 0.6 is 0 Å². The molecular weight excluding hydrogens is 591 g/mol. The van der Waals surface area contributed by atoms with Gasteiger partial charge in [0.05, 0.1) is 6.04 Å². The first-order chi connectivity index (χ1) is 21.6. The van der Waals surface area contributed by atoms with E-state index in [2.05, 4.69) is 16.0 Å². The van der Waals surface area contributed by atoms with E-state index >= 15 is 0 Å². The highest BCUT2D eigenvalue weighted by molar-refractivity contribution is 6.38. The fourth-order valence-electron chi connectivity index (χ4n) is 7.49. The molecule has 5 aliphatic rings. The number of piperidine rings is 1. The Balaban J connectivity index is 1.24. The van der Waals surface area contributed by atoms with Crippen LogP contribution in [0, 0.1) is 41.1 Å². The molecule has 5 fully saturated rings. The highest BCUT2D eigenvalue weighted by Gasteiger charge is 2.51. The number of carbonyl (C=O) groups excluding carboxylic acids is 5. The molecule has 13 heteroatoms. The van der Waals surface area contributed by atoms with Gasteiger partial charge in [0, 0.05) is 44.2 Å². The summed E-state index contributed by atoms with van der Waals surface area (Å²) in [6.07, 6.45) is 6.36. The van der Waals surface area contributed by atoms with Crippen LogP contribution in [0.3, 0.4) is 0 Å². The van der Waals surface area contributed by atoms with Gasteiger partial charge < -0.3 is 25.8 Å². The third kappa shape index (κ3) is 6.67. The molecule has 1 aromatic carbocycles. The molecule has 10 nitrogen and oxygen atoms in total. The Kier molecular flexibility index (Phi) is 9.05. The summed E-state index contributed by atoms with van der Waals surface area (Å²) in [5, 5.41) is 8.25. The number of anilines is 1. The summed E-state index contributed by atoms with van der Waals surface area (Å²) < 4.78 is 42.8. The Morgan fingerprint density at radius 1 is 0.911 bits per heavy atom. The summed E-state index contributed by atoms with van der Waals surface area (Å²) in [5.41, 5.74) is -0.600. The average Bonchev–Trinajstić information content (AvgIpc) is 3.54. The lowest BCUT2D eigenvalue weighted by Gasteiger charge is -2.34. The highest BCUT2D eigenvalue weighted by Crippen LogP contribution is 2.43. The third-order valence-electron chi connectivity index (χ3n) is 10.2. The predicted octanol–water partition coefficient (Wildman–Crippen LogP) is 2.51. The van der Waals surface area contributed by atoms with Gasteiger partial charge in [0.1, 0.15) is 23.6 Å². The Morgan fingerprint density at radius 3 is 2.29 bits per heavy atom. The fourth-order valence-corrected chi connectivity index (χ4v) is 7.49. The van der Waals surface area contributed by atoms with Crippen molar-refractivity contribution in [1.29, 1.82) is 0 Å². The van der Waals surface area contributed by atoms with Gasteiger partial charge in [-0.25, -0.2) is 13.2 Å². The Morgan fingerprint density at radius 2 is 1.64 bits per heavy atom. The van der Waals surface area contributed by atoms with Crippen molar-refractivity contribution in [2.45, 2.75) is 82.3 Å². The number of likely N-dealkylation sites (tertiary alicyclic amines) is 2. The van der Waals surface area contributed by atoms with Crippen LogP contribution < -0.4 is 16.0 Å². The van der Waals surface area contributed by atoms with Gasteiger partial charge in [0.15, 0.2) is 11.6 Å². The standard InChI is InChI=1S/C32H40F3N5O5/c33-20-14-22(34)26(23(35)15-20)37-25(12-17-7-8-17)31(44)40-16-19-4-1-6-21(19)27(40)30(43)38-24(13-18-5-2-9-36-29(18)42)28(41)32(45)39-10-3-11-39/h14-15,17-19,21,24-25,27,37H,1-13,16H2,(H,36,42)(H,38,43)/t18-,19-,21-,24-,25+,27-/m0/s1. The summed E-state index contributed by atoms with van der Waals surface area (Å²) in [6, 6.07) is -2.15. The van der Waals surface area contributed by atoms with E-state index in [1.54, 1.807) is 0 Å². The second-order valence-corrected chi connectivity index (χ2v) is 13.3. The maximum absolute atomic E-state index is 14.6. The first-order valence-corrected chi connectivity index (χ1v) is 16.2. The van der Waals surface area contributed by atoms with Gasteiger partial charge in [-0.3, -0.25) is 24.0 Å². The quantitative estimate of drug-likeness (QED) is 0.322. The van der Waals surface area contributed by atoms with E-state index in [0.29, 0.717) is 51.0 Å². The zero-order valence-corrected chi connectivity index (χ0v) is 25.2. The number of rotatable bonds is 11. The zero-order valence-electron chi connectivity index (χ0n) is 25.2. The molecule has 3 N–H and O–H groups in total. The number of benzene rings is 1. The Hall–Kier alpha value is -3.64. The van der Waals surface area contributed by atoms with Gasteiger partial charge in [-0.05, 0) is 62.7 Å². The molecule has 0 bridgehead atoms. The van der Waals surface area contributed by atoms with Crippen LogP contribution in [0.15, 0.2) is 12.1 Å². The van der Waals surface area contributed by atoms with Crippen molar-refractivity contribution in [2.75, 3.05) is 31.5 Å². The fraction of sp³-hybridized carbons (Fsp3) is 0.656. The van der Waals surface area contributed by atoms with Crippen LogP contribution in [0.1, 0.15) is 64.2 Å². The number of ketones is 1. The van der Waals surface area contributed by atoms with Crippen LogP contribution in [-0.4, -0.2) is 83.5 Å². The van der Waals surface area contributed by atoms with E-state index in [1.165, 1.54) is 9.80 Å². The number of halogens is 3. The van der Waals surface area contributed by atoms with Crippen molar-refractivity contribution in [2.24, 2.45) is 23.7 Å². The molecule has 3 saturated heterocycles. The molecule has 2 saturated carbocycles. The molecule has 3 heterocycles. The molecule has 0 spiro atoms. The molecular formula is C32H40F3N5O5. The number of nitrogens with zero attached hydrogens (tertiary/aromatic N) is 2. The normalized spacial score (nSPS) is 27.2. The maximum Gasteiger partial charge on any atom is 0.292 e. The van der Waals surface area contributed by atoms with Crippen LogP contribution in [0.5, 0.6) is 0 Å². The first-order valence-electron chi connectivity index (χ1n) is 16.2. The van der Waals surface area contributed by atoms with Crippen molar-refractivity contribution in [3.05, 3.63) is 29.6 Å². The van der Waals surface area contributed by atoms with Crippen molar-refractivity contribution < 1.29 is 37.1 Å². The van der Waals surface area contributed by atoms with E-state index in [-0.39, 0.29) is 43.0 Å². The molecule has 1 aromatic rings. The molecule has 0 radical (unpaired) electrons. The molecule has 6 atom stereocenters. The molecule has 0 aromatic heterocycles.